The zero-order chi connectivity index (χ0) is 12.2. The van der Waals surface area contributed by atoms with Gasteiger partial charge in [-0.1, -0.05) is 17.3 Å². The topological polar surface area (TPSA) is 64.8 Å². The molecule has 2 unspecified atom stereocenters. The first-order valence-corrected chi connectivity index (χ1v) is 5.76. The summed E-state index contributed by atoms with van der Waals surface area (Å²) < 4.78 is 0. The van der Waals surface area contributed by atoms with E-state index in [1.165, 1.54) is 0 Å². The Balaban J connectivity index is 2.72. The lowest BCUT2D eigenvalue weighted by molar-refractivity contribution is 0.255. The highest BCUT2D eigenvalue weighted by atomic mass is 16.4. The largest absolute Gasteiger partial charge is 0.411 e. The SMILES string of the molecule is C=C(C)C1CCC(C)(NCCO)/C(=N/O)C1. The minimum absolute atomic E-state index is 0.0954. The molecule has 92 valence electrons. The summed E-state index contributed by atoms with van der Waals surface area (Å²) in [6.07, 6.45) is 2.70. The molecule has 3 N–H and O–H groups in total. The second kappa shape index (κ2) is 5.46. The predicted molar refractivity (Wildman–Crippen MR) is 64.9 cm³/mol. The van der Waals surface area contributed by atoms with Gasteiger partial charge in [0.05, 0.1) is 17.9 Å². The normalized spacial score (nSPS) is 32.9. The molecule has 1 fully saturated rings. The van der Waals surface area contributed by atoms with Crippen molar-refractivity contribution in [1.29, 1.82) is 0 Å². The molecule has 4 heteroatoms. The minimum Gasteiger partial charge on any atom is -0.411 e. The molecule has 0 saturated heterocycles. The zero-order valence-electron chi connectivity index (χ0n) is 10.2. The average Bonchev–Trinajstić information content (AvgIpc) is 2.26. The summed E-state index contributed by atoms with van der Waals surface area (Å²) in [5, 5.41) is 24.6. The predicted octanol–water partition coefficient (Wildman–Crippen LogP) is 1.53. The van der Waals surface area contributed by atoms with Crippen LogP contribution in [-0.4, -0.2) is 34.7 Å². The van der Waals surface area contributed by atoms with Crippen molar-refractivity contribution < 1.29 is 10.3 Å². The lowest BCUT2D eigenvalue weighted by atomic mass is 9.74. The number of hydrogen-bond donors (Lipinski definition) is 3. The molecule has 4 nitrogen and oxygen atoms in total. The fourth-order valence-electron chi connectivity index (χ4n) is 2.26. The number of nitrogens with zero attached hydrogens (tertiary/aromatic N) is 1. The molecule has 0 bridgehead atoms. The van der Waals surface area contributed by atoms with Crippen molar-refractivity contribution in [2.24, 2.45) is 11.1 Å². The Morgan fingerprint density at radius 1 is 1.69 bits per heavy atom. The van der Waals surface area contributed by atoms with Crippen molar-refractivity contribution in [2.45, 2.75) is 38.6 Å². The highest BCUT2D eigenvalue weighted by Gasteiger charge is 2.37. The van der Waals surface area contributed by atoms with E-state index in [4.69, 9.17) is 10.3 Å². The number of β-amino-alcohol motifs (C(OH)–C–C–N with tert-alkyl or cyclic N) is 1. The molecule has 0 aromatic rings. The Morgan fingerprint density at radius 3 is 2.88 bits per heavy atom. The fourth-order valence-corrected chi connectivity index (χ4v) is 2.26. The van der Waals surface area contributed by atoms with Crippen LogP contribution in [-0.2, 0) is 0 Å². The van der Waals surface area contributed by atoms with Gasteiger partial charge in [-0.15, -0.1) is 0 Å². The van der Waals surface area contributed by atoms with Gasteiger partial charge in [0, 0.05) is 6.54 Å². The summed E-state index contributed by atoms with van der Waals surface area (Å²) in [7, 11) is 0. The van der Waals surface area contributed by atoms with Gasteiger partial charge in [0.15, 0.2) is 0 Å². The molecule has 2 atom stereocenters. The van der Waals surface area contributed by atoms with Crippen LogP contribution in [0.3, 0.4) is 0 Å². The van der Waals surface area contributed by atoms with E-state index in [1.54, 1.807) is 0 Å². The summed E-state index contributed by atoms with van der Waals surface area (Å²) in [5.41, 5.74) is 1.62. The lowest BCUT2D eigenvalue weighted by Gasteiger charge is -2.38. The van der Waals surface area contributed by atoms with Crippen LogP contribution in [0.5, 0.6) is 0 Å². The van der Waals surface area contributed by atoms with Crippen molar-refractivity contribution in [3.63, 3.8) is 0 Å². The van der Waals surface area contributed by atoms with Crippen molar-refractivity contribution in [1.82, 2.24) is 5.32 Å². The van der Waals surface area contributed by atoms with Gasteiger partial charge in [-0.3, -0.25) is 0 Å². The number of allylic oxidation sites excluding steroid dienone is 1. The molecule has 1 aliphatic rings. The van der Waals surface area contributed by atoms with Gasteiger partial charge in [0.2, 0.25) is 0 Å². The third-order valence-corrected chi connectivity index (χ3v) is 3.51. The van der Waals surface area contributed by atoms with Gasteiger partial charge < -0.3 is 15.6 Å². The van der Waals surface area contributed by atoms with E-state index in [2.05, 4.69) is 17.1 Å². The van der Waals surface area contributed by atoms with Crippen LogP contribution in [0.15, 0.2) is 17.3 Å². The molecule has 0 radical (unpaired) electrons. The Labute approximate surface area is 97.0 Å². The highest BCUT2D eigenvalue weighted by molar-refractivity contribution is 5.93. The molecular weight excluding hydrogens is 204 g/mol. The first-order chi connectivity index (χ1) is 7.53. The molecule has 0 heterocycles. The minimum atomic E-state index is -0.288. The summed E-state index contributed by atoms with van der Waals surface area (Å²) in [4.78, 5) is 0. The van der Waals surface area contributed by atoms with Gasteiger partial charge in [-0.25, -0.2) is 0 Å². The van der Waals surface area contributed by atoms with E-state index in [1.807, 2.05) is 13.8 Å². The second-order valence-corrected chi connectivity index (χ2v) is 4.82. The van der Waals surface area contributed by atoms with Crippen molar-refractivity contribution in [3.8, 4) is 0 Å². The molecule has 1 rings (SSSR count). The number of aliphatic hydroxyl groups excluding tert-OH is 1. The third-order valence-electron chi connectivity index (χ3n) is 3.51. The average molecular weight is 226 g/mol. The van der Waals surface area contributed by atoms with Gasteiger partial charge in [-0.05, 0) is 39.0 Å². The Hall–Kier alpha value is -0.870. The second-order valence-electron chi connectivity index (χ2n) is 4.82. The maximum Gasteiger partial charge on any atom is 0.0774 e. The molecule has 16 heavy (non-hydrogen) atoms. The van der Waals surface area contributed by atoms with Gasteiger partial charge in [0.1, 0.15) is 0 Å². The lowest BCUT2D eigenvalue weighted by Crippen LogP contribution is -2.53. The van der Waals surface area contributed by atoms with Gasteiger partial charge in [0.25, 0.3) is 0 Å². The van der Waals surface area contributed by atoms with Gasteiger partial charge >= 0.3 is 0 Å². The summed E-state index contributed by atoms with van der Waals surface area (Å²) in [6, 6.07) is 0. The van der Waals surface area contributed by atoms with E-state index in [9.17, 15) is 0 Å². The van der Waals surface area contributed by atoms with E-state index in [0.717, 1.165) is 30.5 Å². The standard InChI is InChI=1S/C12H22N2O2/c1-9(2)10-4-5-12(3,13-6-7-15)11(8-10)14-16/h10,13,15-16H,1,4-8H2,2-3H3/b14-11+. The first-order valence-electron chi connectivity index (χ1n) is 5.76. The molecule has 0 spiro atoms. The highest BCUT2D eigenvalue weighted by Crippen LogP contribution is 2.33. The Kier molecular flexibility index (Phi) is 4.50. The maximum absolute atomic E-state index is 9.08. The van der Waals surface area contributed by atoms with Crippen molar-refractivity contribution >= 4 is 5.71 Å². The monoisotopic (exact) mass is 226 g/mol. The van der Waals surface area contributed by atoms with Crippen LogP contribution in [0.2, 0.25) is 0 Å². The number of oxime groups is 1. The first kappa shape index (κ1) is 13.2. The van der Waals surface area contributed by atoms with Crippen LogP contribution in [0.1, 0.15) is 33.1 Å². The Bertz CT molecular complexity index is 289. The smallest absolute Gasteiger partial charge is 0.0774 e. The number of rotatable bonds is 4. The molecule has 0 aromatic heterocycles. The molecule has 0 amide bonds. The van der Waals surface area contributed by atoms with Gasteiger partial charge in [-0.2, -0.15) is 0 Å². The molecule has 1 saturated carbocycles. The van der Waals surface area contributed by atoms with Crippen LogP contribution < -0.4 is 5.32 Å². The maximum atomic E-state index is 9.08. The fraction of sp³-hybridized carbons (Fsp3) is 0.750. The van der Waals surface area contributed by atoms with Crippen molar-refractivity contribution in [2.75, 3.05) is 13.2 Å². The van der Waals surface area contributed by atoms with Crippen LogP contribution >= 0.6 is 0 Å². The van der Waals surface area contributed by atoms with Crippen LogP contribution in [0, 0.1) is 5.92 Å². The van der Waals surface area contributed by atoms with Crippen LogP contribution in [0.4, 0.5) is 0 Å². The number of nitrogens with one attached hydrogen (secondary N) is 1. The zero-order valence-corrected chi connectivity index (χ0v) is 10.2. The third kappa shape index (κ3) is 2.83. The number of aliphatic hydroxyl groups is 1. The molecule has 0 aromatic carbocycles. The molecular formula is C12H22N2O2. The summed E-state index contributed by atoms with van der Waals surface area (Å²) >= 11 is 0. The number of hydrogen-bond acceptors (Lipinski definition) is 4. The summed E-state index contributed by atoms with van der Waals surface area (Å²) in [6.45, 7) is 8.61. The Morgan fingerprint density at radius 2 is 2.38 bits per heavy atom. The van der Waals surface area contributed by atoms with E-state index in [-0.39, 0.29) is 12.1 Å². The molecule has 0 aliphatic heterocycles. The van der Waals surface area contributed by atoms with E-state index in [0.29, 0.717) is 12.5 Å². The van der Waals surface area contributed by atoms with E-state index < -0.39 is 0 Å². The quantitative estimate of drug-likeness (QED) is 0.387. The molecule has 1 aliphatic carbocycles. The van der Waals surface area contributed by atoms with Crippen molar-refractivity contribution in [3.05, 3.63) is 12.2 Å². The summed E-state index contributed by atoms with van der Waals surface area (Å²) in [5.74, 6) is 0.412. The van der Waals surface area contributed by atoms with Crippen LogP contribution in [0.25, 0.3) is 0 Å². The van der Waals surface area contributed by atoms with E-state index >= 15 is 0 Å².